The van der Waals surface area contributed by atoms with Crippen molar-refractivity contribution < 1.29 is 13.0 Å². The lowest BCUT2D eigenvalue weighted by atomic mass is 10.0. The lowest BCUT2D eigenvalue weighted by Gasteiger charge is -2.15. The first-order chi connectivity index (χ1) is 10.3. The maximum Gasteiger partial charge on any atom is 0.299 e. The second-order valence-corrected chi connectivity index (χ2v) is 9.68. The normalized spacial score (nSPS) is 12.7. The van der Waals surface area contributed by atoms with Crippen molar-refractivity contribution in [3.8, 4) is 0 Å². The Bertz CT molecular complexity index is 356. The highest BCUT2D eigenvalue weighted by Gasteiger charge is 2.37. The van der Waals surface area contributed by atoms with Crippen LogP contribution in [0.15, 0.2) is 0 Å². The molecule has 0 aromatic rings. The van der Waals surface area contributed by atoms with E-state index in [2.05, 4.69) is 6.92 Å². The monoisotopic (exact) mass is 374 g/mol. The maximum absolute atomic E-state index is 10.9. The largest absolute Gasteiger partial charge is 0.299 e. The highest BCUT2D eigenvalue weighted by atomic mass is 35.5. The van der Waals surface area contributed by atoms with Crippen molar-refractivity contribution in [1.29, 1.82) is 0 Å². The molecule has 1 N–H and O–H groups in total. The summed E-state index contributed by atoms with van der Waals surface area (Å²) in [6.45, 7) is 2.24. The molecule has 0 unspecified atom stereocenters. The number of hydrogen-bond acceptors (Lipinski definition) is 2. The molecule has 0 saturated heterocycles. The summed E-state index contributed by atoms with van der Waals surface area (Å²) in [5, 5.41) is 0. The average Bonchev–Trinajstić information content (AvgIpc) is 2.42. The van der Waals surface area contributed by atoms with Crippen LogP contribution in [0.3, 0.4) is 0 Å². The molecule has 0 aliphatic rings. The van der Waals surface area contributed by atoms with E-state index in [4.69, 9.17) is 27.8 Å². The summed E-state index contributed by atoms with van der Waals surface area (Å²) < 4.78 is 28.6. The van der Waals surface area contributed by atoms with Crippen molar-refractivity contribution in [3.63, 3.8) is 0 Å². The molecule has 0 bridgehead atoms. The number of rotatable bonds is 15. The van der Waals surface area contributed by atoms with E-state index in [0.29, 0.717) is 6.42 Å². The van der Waals surface area contributed by atoms with Crippen LogP contribution in [0, 0.1) is 0 Å². The van der Waals surface area contributed by atoms with Crippen LogP contribution in [0.1, 0.15) is 96.8 Å². The summed E-state index contributed by atoms with van der Waals surface area (Å²) in [6.07, 6.45) is 15.8. The quantitative estimate of drug-likeness (QED) is 0.202. The molecule has 0 fully saturated rings. The first-order valence-corrected chi connectivity index (χ1v) is 10.9. The molecule has 0 aromatic carbocycles. The number of hydrogen-bond donors (Lipinski definition) is 1. The van der Waals surface area contributed by atoms with Crippen molar-refractivity contribution in [2.24, 2.45) is 0 Å². The summed E-state index contributed by atoms with van der Waals surface area (Å²) in [5.74, 6) is 0. The van der Waals surface area contributed by atoms with Crippen molar-refractivity contribution in [1.82, 2.24) is 0 Å². The number of alkyl halides is 2. The van der Waals surface area contributed by atoms with Gasteiger partial charge >= 0.3 is 0 Å². The van der Waals surface area contributed by atoms with Crippen molar-refractivity contribution in [3.05, 3.63) is 0 Å². The third-order valence-electron chi connectivity index (χ3n) is 3.95. The molecule has 0 aliphatic heterocycles. The van der Waals surface area contributed by atoms with Gasteiger partial charge in [0.1, 0.15) is 0 Å². The number of unbranched alkanes of at least 4 members (excludes halogenated alkanes) is 12. The Kier molecular flexibility index (Phi) is 13.1. The third kappa shape index (κ3) is 12.0. The molecule has 0 heterocycles. The average molecular weight is 375 g/mol. The first-order valence-electron chi connectivity index (χ1n) is 8.66. The van der Waals surface area contributed by atoms with Crippen LogP contribution in [-0.2, 0) is 10.1 Å². The van der Waals surface area contributed by atoms with Gasteiger partial charge in [0.05, 0.1) is 0 Å². The molecule has 0 spiro atoms. The van der Waals surface area contributed by atoms with Gasteiger partial charge in [-0.15, -0.1) is 0 Å². The Labute approximate surface area is 146 Å². The van der Waals surface area contributed by atoms with E-state index in [9.17, 15) is 8.42 Å². The molecule has 0 atom stereocenters. The van der Waals surface area contributed by atoms with E-state index in [1.807, 2.05) is 0 Å². The van der Waals surface area contributed by atoms with E-state index in [1.54, 1.807) is 0 Å². The molecule has 0 rings (SSSR count). The van der Waals surface area contributed by atoms with Gasteiger partial charge in [-0.25, -0.2) is 0 Å². The predicted molar refractivity (Wildman–Crippen MR) is 96.3 cm³/mol. The fourth-order valence-corrected chi connectivity index (χ4v) is 3.15. The zero-order valence-corrected chi connectivity index (χ0v) is 16.2. The van der Waals surface area contributed by atoms with Gasteiger partial charge in [-0.2, -0.15) is 8.42 Å². The smallest absolute Gasteiger partial charge is 0.283 e. The van der Waals surface area contributed by atoms with Crippen LogP contribution in [0.5, 0.6) is 0 Å². The molecule has 6 heteroatoms. The van der Waals surface area contributed by atoms with Gasteiger partial charge in [-0.3, -0.25) is 4.55 Å². The van der Waals surface area contributed by atoms with E-state index in [0.717, 1.165) is 12.8 Å². The molecule has 134 valence electrons. The third-order valence-corrected chi connectivity index (χ3v) is 6.46. The van der Waals surface area contributed by atoms with Gasteiger partial charge in [-0.1, -0.05) is 107 Å². The second kappa shape index (κ2) is 12.9. The molecule has 0 aromatic heterocycles. The minimum atomic E-state index is -4.39. The van der Waals surface area contributed by atoms with Crippen LogP contribution in [0.4, 0.5) is 0 Å². The van der Waals surface area contributed by atoms with E-state index in [-0.39, 0.29) is 6.42 Å². The van der Waals surface area contributed by atoms with Gasteiger partial charge in [0.25, 0.3) is 10.1 Å². The summed E-state index contributed by atoms with van der Waals surface area (Å²) in [7, 11) is -4.39. The zero-order valence-electron chi connectivity index (χ0n) is 13.8. The minimum absolute atomic E-state index is 0.0761. The zero-order chi connectivity index (χ0) is 16.9. The lowest BCUT2D eigenvalue weighted by Crippen LogP contribution is -2.25. The Morgan fingerprint density at radius 1 is 0.727 bits per heavy atom. The number of halogens is 2. The fourth-order valence-electron chi connectivity index (χ4n) is 2.48. The summed E-state index contributed by atoms with van der Waals surface area (Å²) in [5.41, 5.74) is 0. The standard InChI is InChI=1S/C16H32Cl2O3S/c1-2-3-4-5-6-7-8-9-10-11-12-13-14-15-16(17,18)22(19,20)21/h2-15H2,1H3,(H,19,20,21). The van der Waals surface area contributed by atoms with Gasteiger partial charge in [-0.05, 0) is 12.8 Å². The Balaban J connectivity index is 3.31. The van der Waals surface area contributed by atoms with Gasteiger partial charge in [0.2, 0.25) is 3.67 Å². The Morgan fingerprint density at radius 3 is 1.36 bits per heavy atom. The molecule has 0 aliphatic carbocycles. The van der Waals surface area contributed by atoms with Gasteiger partial charge in [0.15, 0.2) is 0 Å². The molecule has 3 nitrogen and oxygen atoms in total. The molecule has 0 radical (unpaired) electrons. The molecule has 0 amide bonds. The van der Waals surface area contributed by atoms with Crippen molar-refractivity contribution in [2.45, 2.75) is 100 Å². The van der Waals surface area contributed by atoms with E-state index >= 15 is 0 Å². The minimum Gasteiger partial charge on any atom is -0.283 e. The first kappa shape index (κ1) is 22.5. The Hall–Kier alpha value is 0.490. The lowest BCUT2D eigenvalue weighted by molar-refractivity contribution is 0.466. The summed E-state index contributed by atoms with van der Waals surface area (Å²) in [6, 6.07) is 0. The SMILES string of the molecule is CCCCCCCCCCCCCCCC(Cl)(Cl)S(=O)(=O)O. The van der Waals surface area contributed by atoms with E-state index in [1.165, 1.54) is 64.2 Å². The highest BCUT2D eigenvalue weighted by molar-refractivity contribution is 7.90. The van der Waals surface area contributed by atoms with Crippen LogP contribution in [-0.4, -0.2) is 16.6 Å². The van der Waals surface area contributed by atoms with Crippen LogP contribution < -0.4 is 0 Å². The Morgan fingerprint density at radius 2 is 1.05 bits per heavy atom. The van der Waals surface area contributed by atoms with Crippen LogP contribution in [0.2, 0.25) is 0 Å². The van der Waals surface area contributed by atoms with Crippen molar-refractivity contribution in [2.75, 3.05) is 0 Å². The van der Waals surface area contributed by atoms with Gasteiger partial charge in [0, 0.05) is 0 Å². The summed E-state index contributed by atoms with van der Waals surface area (Å²) in [4.78, 5) is 0. The molecule has 0 saturated carbocycles. The topological polar surface area (TPSA) is 54.4 Å². The predicted octanol–water partition coefficient (Wildman–Crippen LogP) is 6.49. The maximum atomic E-state index is 10.9. The fraction of sp³-hybridized carbons (Fsp3) is 1.00. The van der Waals surface area contributed by atoms with Crippen LogP contribution in [0.25, 0.3) is 0 Å². The summed E-state index contributed by atoms with van der Waals surface area (Å²) >= 11 is 11.2. The molecule has 22 heavy (non-hydrogen) atoms. The van der Waals surface area contributed by atoms with E-state index < -0.39 is 13.8 Å². The molecular weight excluding hydrogens is 343 g/mol. The van der Waals surface area contributed by atoms with Gasteiger partial charge < -0.3 is 0 Å². The highest BCUT2D eigenvalue weighted by Crippen LogP contribution is 2.33. The van der Waals surface area contributed by atoms with Crippen LogP contribution >= 0.6 is 23.2 Å². The van der Waals surface area contributed by atoms with Crippen molar-refractivity contribution >= 4 is 33.3 Å². The second-order valence-electron chi connectivity index (χ2n) is 6.11. The molecular formula is C16H32Cl2O3S.